The molecule has 1 aromatic heterocycles. The Morgan fingerprint density at radius 2 is 1.71 bits per heavy atom. The number of thioether (sulfide) groups is 1. The first-order chi connectivity index (χ1) is 15.0. The molecule has 0 saturated carbocycles. The zero-order valence-electron chi connectivity index (χ0n) is 17.9. The Hall–Kier alpha value is -2.67. The van der Waals surface area contributed by atoms with Crippen LogP contribution in [0.15, 0.2) is 59.8 Å². The predicted octanol–water partition coefficient (Wildman–Crippen LogP) is 4.73. The Morgan fingerprint density at radius 3 is 2.39 bits per heavy atom. The van der Waals surface area contributed by atoms with Crippen LogP contribution in [0.25, 0.3) is 11.4 Å². The van der Waals surface area contributed by atoms with Gasteiger partial charge in [0, 0.05) is 18.7 Å². The van der Waals surface area contributed by atoms with Gasteiger partial charge in [0.25, 0.3) is 0 Å². The van der Waals surface area contributed by atoms with E-state index >= 15 is 0 Å². The van der Waals surface area contributed by atoms with Gasteiger partial charge in [-0.15, -0.1) is 10.2 Å². The number of benzene rings is 2. The van der Waals surface area contributed by atoms with Crippen molar-refractivity contribution in [1.82, 2.24) is 19.7 Å². The third kappa shape index (κ3) is 5.34. The lowest BCUT2D eigenvalue weighted by atomic mass is 9.92. The second kappa shape index (κ2) is 9.64. The molecule has 1 fully saturated rings. The summed E-state index contributed by atoms with van der Waals surface area (Å²) in [6.07, 6.45) is 1.17. The largest absolute Gasteiger partial charge is 0.341 e. The Morgan fingerprint density at radius 1 is 1.03 bits per heavy atom. The summed E-state index contributed by atoms with van der Waals surface area (Å²) in [6, 6.07) is 16.3. The van der Waals surface area contributed by atoms with E-state index in [9.17, 15) is 9.18 Å². The number of carbonyl (C=O) groups excluding carboxylic acids is 1. The van der Waals surface area contributed by atoms with Gasteiger partial charge in [-0.05, 0) is 48.1 Å². The van der Waals surface area contributed by atoms with Gasteiger partial charge < -0.3 is 4.90 Å². The molecule has 162 valence electrons. The van der Waals surface area contributed by atoms with Gasteiger partial charge in [-0.3, -0.25) is 9.36 Å². The molecule has 5 nitrogen and oxygen atoms in total. The number of likely N-dealkylation sites (tertiary alicyclic amines) is 1. The number of aromatic nitrogens is 3. The van der Waals surface area contributed by atoms with Gasteiger partial charge in [-0.25, -0.2) is 4.39 Å². The van der Waals surface area contributed by atoms with Crippen molar-refractivity contribution in [2.75, 3.05) is 18.8 Å². The first-order valence-electron chi connectivity index (χ1n) is 10.6. The minimum Gasteiger partial charge on any atom is -0.341 e. The summed E-state index contributed by atoms with van der Waals surface area (Å²) in [5.74, 6) is 1.91. The van der Waals surface area contributed by atoms with Gasteiger partial charge in [0.1, 0.15) is 5.82 Å². The molecule has 1 saturated heterocycles. The Bertz CT molecular complexity index is 1010. The number of amides is 1. The number of halogens is 1. The van der Waals surface area contributed by atoms with Crippen LogP contribution < -0.4 is 0 Å². The van der Waals surface area contributed by atoms with Crippen LogP contribution in [0.5, 0.6) is 0 Å². The number of hydrogen-bond donors (Lipinski definition) is 0. The molecule has 0 spiro atoms. The van der Waals surface area contributed by atoms with Crippen LogP contribution >= 0.6 is 11.8 Å². The summed E-state index contributed by atoms with van der Waals surface area (Å²) in [5.41, 5.74) is 1.90. The molecule has 2 heterocycles. The predicted molar refractivity (Wildman–Crippen MR) is 121 cm³/mol. The van der Waals surface area contributed by atoms with Crippen molar-refractivity contribution in [2.45, 2.75) is 32.0 Å². The van der Waals surface area contributed by atoms with Gasteiger partial charge in [0.15, 0.2) is 11.0 Å². The van der Waals surface area contributed by atoms with E-state index in [0.29, 0.717) is 35.1 Å². The standard InChI is InChI=1S/C24H27FN4OS/c1-17-12-18(2)14-28(13-17)22(30)16-31-24-27-26-23(20-8-10-21(25)11-9-20)29(24)15-19-6-4-3-5-7-19/h3-11,17-18H,12-16H2,1-2H3. The third-order valence-corrected chi connectivity index (χ3v) is 6.50. The fourth-order valence-electron chi connectivity index (χ4n) is 4.20. The molecule has 0 aliphatic carbocycles. The first kappa shape index (κ1) is 21.6. The first-order valence-corrected chi connectivity index (χ1v) is 11.6. The summed E-state index contributed by atoms with van der Waals surface area (Å²) >= 11 is 1.41. The summed E-state index contributed by atoms with van der Waals surface area (Å²) < 4.78 is 15.4. The van der Waals surface area contributed by atoms with E-state index < -0.39 is 0 Å². The highest BCUT2D eigenvalue weighted by molar-refractivity contribution is 7.99. The van der Waals surface area contributed by atoms with Gasteiger partial charge in [-0.2, -0.15) is 0 Å². The molecule has 0 radical (unpaired) electrons. The van der Waals surface area contributed by atoms with Crippen molar-refractivity contribution in [3.05, 3.63) is 66.0 Å². The third-order valence-electron chi connectivity index (χ3n) is 5.55. The molecule has 2 atom stereocenters. The van der Waals surface area contributed by atoms with Crippen molar-refractivity contribution in [3.8, 4) is 11.4 Å². The molecule has 2 aromatic carbocycles. The molecular formula is C24H27FN4OS. The maximum absolute atomic E-state index is 13.4. The van der Waals surface area contributed by atoms with E-state index in [1.807, 2.05) is 39.8 Å². The summed E-state index contributed by atoms with van der Waals surface area (Å²) in [5, 5.41) is 9.43. The van der Waals surface area contributed by atoms with Crippen molar-refractivity contribution >= 4 is 17.7 Å². The maximum atomic E-state index is 13.4. The van der Waals surface area contributed by atoms with Crippen molar-refractivity contribution in [3.63, 3.8) is 0 Å². The monoisotopic (exact) mass is 438 g/mol. The molecule has 7 heteroatoms. The molecule has 1 aliphatic heterocycles. The second-order valence-corrected chi connectivity index (χ2v) is 9.36. The average molecular weight is 439 g/mol. The SMILES string of the molecule is CC1CC(C)CN(C(=O)CSc2nnc(-c3ccc(F)cc3)n2Cc2ccccc2)C1. The van der Waals surface area contributed by atoms with Crippen LogP contribution in [-0.2, 0) is 11.3 Å². The van der Waals surface area contributed by atoms with Crippen LogP contribution in [-0.4, -0.2) is 44.4 Å². The molecule has 31 heavy (non-hydrogen) atoms. The number of piperidine rings is 1. The maximum Gasteiger partial charge on any atom is 0.233 e. The second-order valence-electron chi connectivity index (χ2n) is 8.42. The minimum absolute atomic E-state index is 0.140. The van der Waals surface area contributed by atoms with Crippen molar-refractivity contribution < 1.29 is 9.18 Å². The Balaban J connectivity index is 1.55. The highest BCUT2D eigenvalue weighted by Crippen LogP contribution is 2.27. The molecule has 0 bridgehead atoms. The smallest absolute Gasteiger partial charge is 0.233 e. The van der Waals surface area contributed by atoms with Gasteiger partial charge in [0.05, 0.1) is 12.3 Å². The zero-order chi connectivity index (χ0) is 21.8. The molecule has 1 aliphatic rings. The Kier molecular flexibility index (Phi) is 6.70. The number of nitrogens with zero attached hydrogens (tertiary/aromatic N) is 4. The molecule has 0 N–H and O–H groups in total. The van der Waals surface area contributed by atoms with Gasteiger partial charge in [-0.1, -0.05) is 55.9 Å². The Labute approximate surface area is 186 Å². The lowest BCUT2D eigenvalue weighted by Gasteiger charge is -2.35. The summed E-state index contributed by atoms with van der Waals surface area (Å²) in [4.78, 5) is 14.8. The van der Waals surface area contributed by atoms with E-state index in [2.05, 4.69) is 24.0 Å². The van der Waals surface area contributed by atoms with E-state index in [1.165, 1.54) is 30.3 Å². The normalized spacial score (nSPS) is 18.9. The highest BCUT2D eigenvalue weighted by Gasteiger charge is 2.26. The number of rotatable bonds is 6. The quantitative estimate of drug-likeness (QED) is 0.522. The minimum atomic E-state index is -0.289. The molecule has 4 rings (SSSR count). The van der Waals surface area contributed by atoms with Crippen molar-refractivity contribution in [1.29, 1.82) is 0 Å². The number of hydrogen-bond acceptors (Lipinski definition) is 4. The van der Waals surface area contributed by atoms with Gasteiger partial charge >= 0.3 is 0 Å². The molecule has 1 amide bonds. The average Bonchev–Trinajstić information content (AvgIpc) is 3.15. The van der Waals surface area contributed by atoms with E-state index in [0.717, 1.165) is 24.2 Å². The van der Waals surface area contributed by atoms with Crippen LogP contribution in [0.3, 0.4) is 0 Å². The highest BCUT2D eigenvalue weighted by atomic mass is 32.2. The van der Waals surface area contributed by atoms with E-state index in [1.54, 1.807) is 12.1 Å². The van der Waals surface area contributed by atoms with Crippen LogP contribution in [0.4, 0.5) is 4.39 Å². The van der Waals surface area contributed by atoms with E-state index in [4.69, 9.17) is 0 Å². The summed E-state index contributed by atoms with van der Waals surface area (Å²) in [7, 11) is 0. The van der Waals surface area contributed by atoms with Crippen LogP contribution in [0.1, 0.15) is 25.8 Å². The van der Waals surface area contributed by atoms with Crippen LogP contribution in [0.2, 0.25) is 0 Å². The lowest BCUT2D eigenvalue weighted by Crippen LogP contribution is -2.43. The summed E-state index contributed by atoms with van der Waals surface area (Å²) in [6.45, 7) is 6.63. The number of carbonyl (C=O) groups is 1. The fraction of sp³-hybridized carbons (Fsp3) is 0.375. The lowest BCUT2D eigenvalue weighted by molar-refractivity contribution is -0.130. The van der Waals surface area contributed by atoms with E-state index in [-0.39, 0.29) is 11.7 Å². The zero-order valence-corrected chi connectivity index (χ0v) is 18.7. The molecular weight excluding hydrogens is 411 g/mol. The molecule has 3 aromatic rings. The topological polar surface area (TPSA) is 51.0 Å². The fourth-order valence-corrected chi connectivity index (χ4v) is 5.04. The van der Waals surface area contributed by atoms with Crippen LogP contribution in [0, 0.1) is 17.7 Å². The van der Waals surface area contributed by atoms with Crippen molar-refractivity contribution in [2.24, 2.45) is 11.8 Å². The van der Waals surface area contributed by atoms with Gasteiger partial charge in [0.2, 0.25) is 5.91 Å². The molecule has 2 unspecified atom stereocenters.